The van der Waals surface area contributed by atoms with E-state index in [1.165, 1.54) is 12.7 Å². The van der Waals surface area contributed by atoms with E-state index in [0.717, 1.165) is 17.7 Å². The molecule has 0 unspecified atom stereocenters. The van der Waals surface area contributed by atoms with E-state index in [2.05, 4.69) is 25.2 Å². The maximum absolute atomic E-state index is 11.7. The van der Waals surface area contributed by atoms with Gasteiger partial charge in [-0.2, -0.15) is 0 Å². The van der Waals surface area contributed by atoms with Gasteiger partial charge in [0.05, 0.1) is 7.11 Å². The summed E-state index contributed by atoms with van der Waals surface area (Å²) in [5, 5.41) is 3.23. The Balaban J connectivity index is 2.13. The molecule has 1 heterocycles. The fraction of sp³-hybridized carbons (Fsp3) is 0.562. The van der Waals surface area contributed by atoms with Crippen molar-refractivity contribution >= 4 is 5.97 Å². The molecule has 0 saturated carbocycles. The number of hydrogen-bond acceptors (Lipinski definition) is 4. The minimum absolute atomic E-state index is 0.156. The molecule has 20 heavy (non-hydrogen) atoms. The first-order valence-electron chi connectivity index (χ1n) is 6.88. The highest BCUT2D eigenvalue weighted by molar-refractivity contribution is 5.79. The summed E-state index contributed by atoms with van der Waals surface area (Å²) in [6.45, 7) is 8.37. The minimum atomic E-state index is -0.717. The van der Waals surface area contributed by atoms with Crippen molar-refractivity contribution in [1.82, 2.24) is 5.32 Å². The summed E-state index contributed by atoms with van der Waals surface area (Å²) in [6.07, 6.45) is 0.913. The molecule has 1 aliphatic rings. The molecule has 1 aromatic carbocycles. The third kappa shape index (κ3) is 2.96. The fourth-order valence-corrected chi connectivity index (χ4v) is 2.46. The van der Waals surface area contributed by atoms with Crippen LogP contribution >= 0.6 is 0 Å². The van der Waals surface area contributed by atoms with Crippen LogP contribution in [0.1, 0.15) is 38.8 Å². The lowest BCUT2D eigenvalue weighted by Gasteiger charge is -2.24. The third-order valence-corrected chi connectivity index (χ3v) is 3.59. The van der Waals surface area contributed by atoms with Crippen molar-refractivity contribution in [3.8, 4) is 5.75 Å². The van der Waals surface area contributed by atoms with Crippen molar-refractivity contribution in [2.45, 2.75) is 51.8 Å². The number of fused-ring (bicyclic) bond motifs is 1. The molecule has 1 aliphatic heterocycles. The predicted octanol–water partition coefficient (Wildman–Crippen LogP) is 2.44. The van der Waals surface area contributed by atoms with E-state index in [1.54, 1.807) is 0 Å². The van der Waals surface area contributed by atoms with E-state index in [-0.39, 0.29) is 11.6 Å². The average Bonchev–Trinajstić information content (AvgIpc) is 2.69. The number of esters is 1. The molecule has 1 aromatic rings. The number of ether oxygens (including phenoxy) is 2. The number of nitrogens with one attached hydrogen (secondary N) is 1. The van der Waals surface area contributed by atoms with Gasteiger partial charge in [0, 0.05) is 18.5 Å². The highest BCUT2D eigenvalue weighted by Gasteiger charge is 2.33. The van der Waals surface area contributed by atoms with Crippen molar-refractivity contribution < 1.29 is 14.3 Å². The van der Waals surface area contributed by atoms with Crippen molar-refractivity contribution in [3.63, 3.8) is 0 Å². The Labute approximate surface area is 120 Å². The van der Waals surface area contributed by atoms with Crippen LogP contribution in [0.15, 0.2) is 18.2 Å². The van der Waals surface area contributed by atoms with Crippen LogP contribution < -0.4 is 10.1 Å². The number of rotatable bonds is 4. The fourth-order valence-electron chi connectivity index (χ4n) is 2.46. The molecule has 0 amide bonds. The van der Waals surface area contributed by atoms with Crippen LogP contribution in [-0.4, -0.2) is 24.2 Å². The van der Waals surface area contributed by atoms with Crippen molar-refractivity contribution in [3.05, 3.63) is 29.3 Å². The van der Waals surface area contributed by atoms with Crippen molar-refractivity contribution in [1.29, 1.82) is 0 Å². The highest BCUT2D eigenvalue weighted by atomic mass is 16.5. The van der Waals surface area contributed by atoms with Gasteiger partial charge in [0.25, 0.3) is 0 Å². The van der Waals surface area contributed by atoms with Gasteiger partial charge < -0.3 is 9.47 Å². The van der Waals surface area contributed by atoms with E-state index in [9.17, 15) is 4.79 Å². The SMILES string of the molecule is COC(=O)C(C)(C)NCc1cccc2c1OC(C)(C)C2. The Morgan fingerprint density at radius 1 is 1.45 bits per heavy atom. The van der Waals surface area contributed by atoms with E-state index in [0.29, 0.717) is 6.54 Å². The van der Waals surface area contributed by atoms with Gasteiger partial charge in [0.2, 0.25) is 0 Å². The van der Waals surface area contributed by atoms with Gasteiger partial charge in [0.15, 0.2) is 0 Å². The first-order chi connectivity index (χ1) is 9.25. The zero-order chi connectivity index (χ0) is 15.0. The van der Waals surface area contributed by atoms with Crippen LogP contribution in [0.25, 0.3) is 0 Å². The lowest BCUT2D eigenvalue weighted by atomic mass is 10.00. The Hall–Kier alpha value is -1.55. The summed E-state index contributed by atoms with van der Waals surface area (Å²) >= 11 is 0. The summed E-state index contributed by atoms with van der Waals surface area (Å²) in [4.78, 5) is 11.7. The Morgan fingerprint density at radius 3 is 2.80 bits per heavy atom. The molecule has 0 radical (unpaired) electrons. The number of benzene rings is 1. The summed E-state index contributed by atoms with van der Waals surface area (Å²) in [5.74, 6) is 0.678. The van der Waals surface area contributed by atoms with Gasteiger partial charge in [-0.3, -0.25) is 10.1 Å². The second-order valence-corrected chi connectivity index (χ2v) is 6.41. The molecule has 2 rings (SSSR count). The number of para-hydroxylation sites is 1. The Bertz CT molecular complexity index is 520. The first-order valence-corrected chi connectivity index (χ1v) is 6.88. The van der Waals surface area contributed by atoms with Crippen LogP contribution in [0.4, 0.5) is 0 Å². The molecule has 0 aromatic heterocycles. The second-order valence-electron chi connectivity index (χ2n) is 6.41. The van der Waals surface area contributed by atoms with Crippen LogP contribution in [0.3, 0.4) is 0 Å². The van der Waals surface area contributed by atoms with E-state index in [1.807, 2.05) is 26.0 Å². The number of methoxy groups -OCH3 is 1. The third-order valence-electron chi connectivity index (χ3n) is 3.59. The molecule has 4 nitrogen and oxygen atoms in total. The monoisotopic (exact) mass is 277 g/mol. The molecule has 0 saturated heterocycles. The molecule has 1 N–H and O–H groups in total. The second kappa shape index (κ2) is 5.09. The zero-order valence-corrected chi connectivity index (χ0v) is 12.9. The van der Waals surface area contributed by atoms with Gasteiger partial charge in [-0.25, -0.2) is 0 Å². The van der Waals surface area contributed by atoms with Crippen LogP contribution in [0.2, 0.25) is 0 Å². The van der Waals surface area contributed by atoms with Crippen LogP contribution in [0, 0.1) is 0 Å². The molecular formula is C16H23NO3. The molecule has 0 fully saturated rings. The molecule has 0 bridgehead atoms. The quantitative estimate of drug-likeness (QED) is 0.859. The van der Waals surface area contributed by atoms with Gasteiger partial charge in [-0.15, -0.1) is 0 Å². The number of carbonyl (C=O) groups excluding carboxylic acids is 1. The largest absolute Gasteiger partial charge is 0.487 e. The Morgan fingerprint density at radius 2 is 2.15 bits per heavy atom. The standard InChI is InChI=1S/C16H23NO3/c1-15(2)9-11-7-6-8-12(13(11)20-15)10-17-16(3,4)14(18)19-5/h6-8,17H,9-10H2,1-5H3. The molecule has 4 heteroatoms. The average molecular weight is 277 g/mol. The molecular weight excluding hydrogens is 254 g/mol. The summed E-state index contributed by atoms with van der Waals surface area (Å²) in [7, 11) is 1.40. The molecule has 0 atom stereocenters. The van der Waals surface area contributed by atoms with Gasteiger partial charge >= 0.3 is 5.97 Å². The van der Waals surface area contributed by atoms with Crippen molar-refractivity contribution in [2.24, 2.45) is 0 Å². The van der Waals surface area contributed by atoms with E-state index in [4.69, 9.17) is 9.47 Å². The molecule has 110 valence electrons. The van der Waals surface area contributed by atoms with Gasteiger partial charge in [0.1, 0.15) is 16.9 Å². The zero-order valence-electron chi connectivity index (χ0n) is 12.9. The van der Waals surface area contributed by atoms with Crippen molar-refractivity contribution in [2.75, 3.05) is 7.11 Å². The van der Waals surface area contributed by atoms with E-state index < -0.39 is 5.54 Å². The molecule has 0 aliphatic carbocycles. The lowest BCUT2D eigenvalue weighted by Crippen LogP contribution is -2.47. The number of carbonyl (C=O) groups is 1. The highest BCUT2D eigenvalue weighted by Crippen LogP contribution is 2.37. The van der Waals surface area contributed by atoms with Crippen LogP contribution in [0.5, 0.6) is 5.75 Å². The lowest BCUT2D eigenvalue weighted by molar-refractivity contribution is -0.147. The first kappa shape index (κ1) is 14.9. The topological polar surface area (TPSA) is 47.6 Å². The minimum Gasteiger partial charge on any atom is -0.487 e. The predicted molar refractivity (Wildman–Crippen MR) is 77.8 cm³/mol. The maximum atomic E-state index is 11.7. The smallest absolute Gasteiger partial charge is 0.325 e. The van der Waals surface area contributed by atoms with Crippen LogP contribution in [-0.2, 0) is 22.5 Å². The summed E-state index contributed by atoms with van der Waals surface area (Å²) in [6, 6.07) is 6.16. The maximum Gasteiger partial charge on any atom is 0.325 e. The van der Waals surface area contributed by atoms with Gasteiger partial charge in [-0.1, -0.05) is 18.2 Å². The van der Waals surface area contributed by atoms with Gasteiger partial charge in [-0.05, 0) is 33.3 Å². The summed E-state index contributed by atoms with van der Waals surface area (Å²) < 4.78 is 10.8. The number of hydrogen-bond donors (Lipinski definition) is 1. The van der Waals surface area contributed by atoms with E-state index >= 15 is 0 Å². The summed E-state index contributed by atoms with van der Waals surface area (Å²) in [5.41, 5.74) is 1.43. The normalized spacial score (nSPS) is 16.4. The molecule has 0 spiro atoms. The Kier molecular flexibility index (Phi) is 3.78.